The fourth-order valence-corrected chi connectivity index (χ4v) is 9.51. The van der Waals surface area contributed by atoms with Gasteiger partial charge >= 0.3 is 0 Å². The highest BCUT2D eigenvalue weighted by molar-refractivity contribution is 6.40. The zero-order valence-corrected chi connectivity index (χ0v) is 34.5. The molecule has 0 saturated carbocycles. The van der Waals surface area contributed by atoms with Crippen molar-refractivity contribution < 1.29 is 5.11 Å². The molecular weight excluding hydrogens is 699 g/mol. The lowest BCUT2D eigenvalue weighted by molar-refractivity contribution is 0.0777. The van der Waals surface area contributed by atoms with Crippen LogP contribution in [-0.4, -0.2) is 10.4 Å². The molecule has 0 atom stereocenters. The zero-order valence-electron chi connectivity index (χ0n) is 32.9. The minimum Gasteiger partial charge on any atom is -0.386 e. The smallest absolute Gasteiger partial charge is 0.0967 e. The summed E-state index contributed by atoms with van der Waals surface area (Å²) in [6, 6.07) is 46.7. The molecule has 0 bridgehead atoms. The molecule has 1 nitrogen and oxygen atoms in total. The van der Waals surface area contributed by atoms with Gasteiger partial charge in [-0.05, 0) is 116 Å². The third kappa shape index (κ3) is 6.53. The average Bonchev–Trinajstić information content (AvgIpc) is 3.50. The fraction of sp³-hybridized carbons (Fsp3) is 0.294. The van der Waals surface area contributed by atoms with E-state index < -0.39 is 5.60 Å². The molecule has 6 aromatic rings. The van der Waals surface area contributed by atoms with Crippen LogP contribution in [0.1, 0.15) is 117 Å². The van der Waals surface area contributed by atoms with Gasteiger partial charge in [0.1, 0.15) is 0 Å². The molecule has 3 aliphatic carbocycles. The molecule has 6 aromatic carbocycles. The van der Waals surface area contributed by atoms with Crippen molar-refractivity contribution in [3.8, 4) is 22.3 Å². The number of benzene rings is 6. The van der Waals surface area contributed by atoms with Gasteiger partial charge in [-0.25, -0.2) is 0 Å². The van der Waals surface area contributed by atoms with Crippen LogP contribution in [-0.2, 0) is 34.7 Å². The van der Waals surface area contributed by atoms with Crippen molar-refractivity contribution in [1.82, 2.24) is 0 Å². The van der Waals surface area contributed by atoms with E-state index in [-0.39, 0.29) is 21.6 Å². The first-order valence-electron chi connectivity index (χ1n) is 19.1. The van der Waals surface area contributed by atoms with Gasteiger partial charge in [-0.15, -0.1) is 23.2 Å². The lowest BCUT2D eigenvalue weighted by Gasteiger charge is -2.36. The van der Waals surface area contributed by atoms with E-state index in [0.717, 1.165) is 18.4 Å². The second-order valence-corrected chi connectivity index (χ2v) is 18.0. The molecule has 0 spiro atoms. The number of alkyl halides is 2. The van der Waals surface area contributed by atoms with Crippen LogP contribution in [0.5, 0.6) is 0 Å². The highest BCUT2D eigenvalue weighted by atomic mass is 35.5. The Hall–Kier alpha value is -4.14. The Morgan fingerprint density at radius 3 is 1.61 bits per heavy atom. The van der Waals surface area contributed by atoms with Gasteiger partial charge in [0, 0.05) is 16.2 Å². The summed E-state index contributed by atoms with van der Waals surface area (Å²) in [4.78, 5) is 0. The maximum Gasteiger partial charge on any atom is 0.0967 e. The van der Waals surface area contributed by atoms with Gasteiger partial charge in [0.25, 0.3) is 0 Å². The standard InChI is InChI=1S/C25H26O.C25H24.CH2Cl2/c1-24(2)22-12-8-6-10-19(22)20-14-13-17(16-23(20)24)15-18-9-5-7-11-21(18)25(3,4)26;1-24(2)20-11-7-5-9-16(20)13-17-14-23-19(15-22(17)24)18-10-6-8-12-21(18)25(23,3)4;2-1-3/h5-14,16,26H,15H2,1-4H3;5-12,14-15H,13H2,1-4H3;1H2. The molecule has 276 valence electrons. The van der Waals surface area contributed by atoms with Gasteiger partial charge in [-0.2, -0.15) is 0 Å². The SMILES string of the molecule is CC(C)(O)c1ccccc1Cc1ccc2c(c1)C(C)(C)c1ccccc1-2.CC1(C)c2ccccc2Cc2cc3c(cc21)-c1ccccc1C3(C)C.ClCCl. The Balaban J connectivity index is 0.000000156. The second kappa shape index (κ2) is 14.2. The summed E-state index contributed by atoms with van der Waals surface area (Å²) in [5.74, 6) is 0. The van der Waals surface area contributed by atoms with Crippen LogP contribution in [0.25, 0.3) is 22.3 Å². The van der Waals surface area contributed by atoms with Crippen LogP contribution in [0.2, 0.25) is 0 Å². The zero-order chi connectivity index (χ0) is 38.6. The van der Waals surface area contributed by atoms with Crippen LogP contribution < -0.4 is 0 Å². The molecule has 0 saturated heterocycles. The third-order valence-electron chi connectivity index (χ3n) is 12.3. The predicted octanol–water partition coefficient (Wildman–Crippen LogP) is 13.5. The Morgan fingerprint density at radius 2 is 0.981 bits per heavy atom. The van der Waals surface area contributed by atoms with Crippen molar-refractivity contribution >= 4 is 23.2 Å². The predicted molar refractivity (Wildman–Crippen MR) is 230 cm³/mol. The first-order chi connectivity index (χ1) is 25.6. The maximum atomic E-state index is 10.5. The monoisotopic (exact) mass is 750 g/mol. The highest BCUT2D eigenvalue weighted by Gasteiger charge is 2.40. The van der Waals surface area contributed by atoms with Crippen LogP contribution in [0, 0.1) is 0 Å². The molecule has 0 unspecified atom stereocenters. The number of hydrogen-bond acceptors (Lipinski definition) is 1. The van der Waals surface area contributed by atoms with E-state index in [1.54, 1.807) is 0 Å². The summed E-state index contributed by atoms with van der Waals surface area (Å²) in [5.41, 5.74) is 20.1. The van der Waals surface area contributed by atoms with Crippen molar-refractivity contribution in [3.63, 3.8) is 0 Å². The van der Waals surface area contributed by atoms with Gasteiger partial charge in [0.15, 0.2) is 0 Å². The first kappa shape index (κ1) is 38.1. The normalized spacial score (nSPS) is 15.8. The molecule has 9 rings (SSSR count). The molecule has 0 aromatic heterocycles. The Kier molecular flexibility index (Phi) is 10.0. The lowest BCUT2D eigenvalue weighted by atomic mass is 9.67. The van der Waals surface area contributed by atoms with Gasteiger partial charge in [-0.1, -0.05) is 163 Å². The number of fused-ring (bicyclic) bond motifs is 8. The van der Waals surface area contributed by atoms with E-state index in [1.165, 1.54) is 77.9 Å². The quantitative estimate of drug-likeness (QED) is 0.179. The second-order valence-electron chi connectivity index (χ2n) is 17.2. The van der Waals surface area contributed by atoms with Crippen molar-refractivity contribution in [2.24, 2.45) is 0 Å². The maximum absolute atomic E-state index is 10.5. The lowest BCUT2D eigenvalue weighted by Crippen LogP contribution is -2.27. The van der Waals surface area contributed by atoms with Crippen LogP contribution in [0.4, 0.5) is 0 Å². The van der Waals surface area contributed by atoms with Crippen molar-refractivity contribution in [2.45, 2.75) is 90.1 Å². The van der Waals surface area contributed by atoms with Gasteiger partial charge < -0.3 is 5.11 Å². The van der Waals surface area contributed by atoms with E-state index in [1.807, 2.05) is 26.0 Å². The summed E-state index contributed by atoms with van der Waals surface area (Å²) in [7, 11) is 0. The molecule has 0 aliphatic heterocycles. The van der Waals surface area contributed by atoms with Gasteiger partial charge in [-0.3, -0.25) is 0 Å². The van der Waals surface area contributed by atoms with E-state index in [9.17, 15) is 5.11 Å². The van der Waals surface area contributed by atoms with Crippen LogP contribution in [0.3, 0.4) is 0 Å². The highest BCUT2D eigenvalue weighted by Crippen LogP contribution is 2.53. The summed E-state index contributed by atoms with van der Waals surface area (Å²) >= 11 is 9.53. The number of rotatable bonds is 3. The molecular formula is C51H52Cl2O. The Morgan fingerprint density at radius 1 is 0.500 bits per heavy atom. The van der Waals surface area contributed by atoms with E-state index in [4.69, 9.17) is 23.2 Å². The number of halogens is 2. The molecule has 0 radical (unpaired) electrons. The molecule has 0 heterocycles. The Labute approximate surface area is 333 Å². The third-order valence-corrected chi connectivity index (χ3v) is 12.3. The van der Waals surface area contributed by atoms with Crippen molar-refractivity contribution in [3.05, 3.63) is 189 Å². The van der Waals surface area contributed by atoms with Crippen LogP contribution in [0.15, 0.2) is 127 Å². The largest absolute Gasteiger partial charge is 0.386 e. The molecule has 0 amide bonds. The van der Waals surface area contributed by atoms with Crippen molar-refractivity contribution in [1.29, 1.82) is 0 Å². The molecule has 3 aliphatic rings. The number of aliphatic hydroxyl groups is 1. The molecule has 3 heteroatoms. The average molecular weight is 752 g/mol. The first-order valence-corrected chi connectivity index (χ1v) is 20.2. The van der Waals surface area contributed by atoms with Gasteiger partial charge in [0.05, 0.1) is 10.9 Å². The van der Waals surface area contributed by atoms with Crippen LogP contribution >= 0.6 is 23.2 Å². The minimum absolute atomic E-state index is 0.0255. The molecule has 0 fully saturated rings. The van der Waals surface area contributed by atoms with E-state index in [2.05, 4.69) is 157 Å². The molecule has 54 heavy (non-hydrogen) atoms. The molecule has 1 N–H and O–H groups in total. The topological polar surface area (TPSA) is 20.2 Å². The number of hydrogen-bond donors (Lipinski definition) is 1. The minimum atomic E-state index is -0.831. The fourth-order valence-electron chi connectivity index (χ4n) is 9.51. The Bertz CT molecular complexity index is 2350. The summed E-state index contributed by atoms with van der Waals surface area (Å²) in [5, 5.41) is 10.7. The summed E-state index contributed by atoms with van der Waals surface area (Å²) in [6.07, 6.45) is 1.88. The summed E-state index contributed by atoms with van der Waals surface area (Å²) < 4.78 is 0. The van der Waals surface area contributed by atoms with Crippen molar-refractivity contribution in [2.75, 3.05) is 5.34 Å². The van der Waals surface area contributed by atoms with Gasteiger partial charge in [0.2, 0.25) is 0 Å². The summed E-state index contributed by atoms with van der Waals surface area (Å²) in [6.45, 7) is 17.8. The van der Waals surface area contributed by atoms with E-state index >= 15 is 0 Å². The van der Waals surface area contributed by atoms with E-state index in [0.29, 0.717) is 0 Å².